The van der Waals surface area contributed by atoms with Gasteiger partial charge in [-0.05, 0) is 164 Å². The van der Waals surface area contributed by atoms with Gasteiger partial charge in [0.15, 0.2) is 0 Å². The molecular weight excluding hydrogens is 840 g/mol. The van der Waals surface area contributed by atoms with E-state index in [-0.39, 0.29) is 22.3 Å². The van der Waals surface area contributed by atoms with Gasteiger partial charge in [-0.2, -0.15) is 0 Å². The molecule has 56 heavy (non-hydrogen) atoms. The summed E-state index contributed by atoms with van der Waals surface area (Å²) >= 11 is 7.67. The average Bonchev–Trinajstić information content (AvgIpc) is 3.21. The van der Waals surface area contributed by atoms with Crippen molar-refractivity contribution in [2.24, 2.45) is 0 Å². The molecule has 0 aliphatic rings. The zero-order chi connectivity index (χ0) is 39.7. The Balaban J connectivity index is 1.36. The monoisotopic (exact) mass is 866 g/mol. The molecule has 0 saturated carbocycles. The van der Waals surface area contributed by atoms with Crippen LogP contribution < -0.4 is 0 Å². The van der Waals surface area contributed by atoms with Crippen molar-refractivity contribution in [3.63, 3.8) is 0 Å². The molecule has 0 heterocycles. The van der Waals surface area contributed by atoms with Crippen LogP contribution in [0.2, 0.25) is 0 Å². The van der Waals surface area contributed by atoms with Crippen LogP contribution in [0.4, 0.5) is 0 Å². The lowest BCUT2D eigenvalue weighted by atomic mass is 9.90. The molecule has 0 fully saturated rings. The van der Waals surface area contributed by atoms with Crippen molar-refractivity contribution in [1.29, 1.82) is 0 Å². The van der Waals surface area contributed by atoms with Gasteiger partial charge in [0.2, 0.25) is 0 Å². The van der Waals surface area contributed by atoms with E-state index < -0.39 is 23.9 Å². The molecule has 7 aromatic carbocycles. The van der Waals surface area contributed by atoms with Crippen molar-refractivity contribution < 1.29 is 39.6 Å². The Kier molecular flexibility index (Phi) is 10.5. The van der Waals surface area contributed by atoms with E-state index in [9.17, 15) is 39.6 Å². The lowest BCUT2D eigenvalue weighted by Crippen LogP contribution is -1.96. The molecule has 0 saturated heterocycles. The molecule has 8 nitrogen and oxygen atoms in total. The minimum absolute atomic E-state index is 0.165. The first-order valence-electron chi connectivity index (χ1n) is 17.0. The Morgan fingerprint density at radius 1 is 0.286 bits per heavy atom. The molecule has 0 aliphatic heterocycles. The molecule has 7 aromatic rings. The summed E-state index contributed by atoms with van der Waals surface area (Å²) in [6, 6.07) is 42.4. The number of aromatic carboxylic acids is 4. The van der Waals surface area contributed by atoms with Crippen LogP contribution in [0, 0.1) is 0 Å². The van der Waals surface area contributed by atoms with Gasteiger partial charge >= 0.3 is 23.9 Å². The van der Waals surface area contributed by atoms with Crippen LogP contribution in [0.1, 0.15) is 41.4 Å². The Bertz CT molecular complexity index is 2350. The molecule has 0 unspecified atom stereocenters. The number of hydrogen-bond donors (Lipinski definition) is 4. The second-order valence-corrected chi connectivity index (χ2v) is 14.6. The fourth-order valence-electron chi connectivity index (χ4n) is 6.44. The standard InChI is InChI=1S/C46H28Br2O8/c47-41-24-40(38-21-35(27-5-13-31(14-6-27)45(53)54)18-36(22-38)28-7-15-32(16-8-28)46(55)56)42(48)23-39(41)37-19-33(25-1-9-29(10-2-25)43(49)50)17-34(20-37)26-3-11-30(12-4-26)44(51)52/h1-24H,(H,49,50)(H,51,52)(H,53,54)(H,55,56). The average molecular weight is 869 g/mol. The fourth-order valence-corrected chi connectivity index (χ4v) is 7.59. The largest absolute Gasteiger partial charge is 0.478 e. The maximum Gasteiger partial charge on any atom is 0.335 e. The van der Waals surface area contributed by atoms with Crippen molar-refractivity contribution in [2.75, 3.05) is 0 Å². The molecule has 0 bridgehead atoms. The third-order valence-corrected chi connectivity index (χ3v) is 10.7. The van der Waals surface area contributed by atoms with Crippen molar-refractivity contribution in [3.05, 3.63) is 177 Å². The highest BCUT2D eigenvalue weighted by Gasteiger charge is 2.17. The van der Waals surface area contributed by atoms with Crippen molar-refractivity contribution in [2.45, 2.75) is 0 Å². The van der Waals surface area contributed by atoms with E-state index in [1.165, 1.54) is 0 Å². The zero-order valence-corrected chi connectivity index (χ0v) is 32.2. The third kappa shape index (κ3) is 7.93. The summed E-state index contributed by atoms with van der Waals surface area (Å²) in [4.78, 5) is 46.2. The molecule has 0 atom stereocenters. The normalized spacial score (nSPS) is 10.9. The summed E-state index contributed by atoms with van der Waals surface area (Å²) in [6.45, 7) is 0. The minimum Gasteiger partial charge on any atom is -0.478 e. The zero-order valence-electron chi connectivity index (χ0n) is 29.0. The summed E-state index contributed by atoms with van der Waals surface area (Å²) in [5.74, 6) is -4.10. The van der Waals surface area contributed by atoms with E-state index in [2.05, 4.69) is 31.9 Å². The highest BCUT2D eigenvalue weighted by Crippen LogP contribution is 2.43. The van der Waals surface area contributed by atoms with Crippen LogP contribution in [0.25, 0.3) is 66.8 Å². The molecule has 0 amide bonds. The van der Waals surface area contributed by atoms with Crippen LogP contribution >= 0.6 is 31.9 Å². The predicted molar refractivity (Wildman–Crippen MR) is 222 cm³/mol. The molecule has 0 aromatic heterocycles. The molecule has 0 spiro atoms. The Morgan fingerprint density at radius 3 is 0.679 bits per heavy atom. The second-order valence-electron chi connectivity index (χ2n) is 12.9. The first-order chi connectivity index (χ1) is 26.8. The van der Waals surface area contributed by atoms with Crippen molar-refractivity contribution >= 4 is 55.7 Å². The van der Waals surface area contributed by atoms with E-state index in [4.69, 9.17) is 0 Å². The van der Waals surface area contributed by atoms with Crippen molar-refractivity contribution in [3.8, 4) is 66.8 Å². The number of carboxylic acids is 4. The van der Waals surface area contributed by atoms with Gasteiger partial charge in [-0.25, -0.2) is 19.2 Å². The number of carboxylic acid groups (broad SMARTS) is 4. The molecule has 0 aliphatic carbocycles. The van der Waals surface area contributed by atoms with Gasteiger partial charge in [-0.1, -0.05) is 80.4 Å². The van der Waals surface area contributed by atoms with E-state index >= 15 is 0 Å². The van der Waals surface area contributed by atoms with E-state index in [1.54, 1.807) is 97.1 Å². The van der Waals surface area contributed by atoms with Gasteiger partial charge in [0, 0.05) is 8.95 Å². The van der Waals surface area contributed by atoms with Crippen LogP contribution in [0.5, 0.6) is 0 Å². The summed E-state index contributed by atoms with van der Waals surface area (Å²) in [5.41, 5.74) is 10.5. The highest BCUT2D eigenvalue weighted by atomic mass is 79.9. The summed E-state index contributed by atoms with van der Waals surface area (Å²) in [5, 5.41) is 37.9. The quantitative estimate of drug-likeness (QED) is 0.106. The SMILES string of the molecule is O=C(O)c1ccc(-c2cc(-c3ccc(C(=O)O)cc3)cc(-c3cc(Br)c(-c4cc(-c5ccc(C(=O)O)cc5)cc(-c5ccc(C(=O)O)cc5)c4)cc3Br)c2)cc1. The molecule has 274 valence electrons. The lowest BCUT2D eigenvalue weighted by molar-refractivity contribution is 0.0686. The highest BCUT2D eigenvalue weighted by molar-refractivity contribution is 9.11. The summed E-state index contributed by atoms with van der Waals surface area (Å²) in [6.07, 6.45) is 0. The fraction of sp³-hybridized carbons (Fsp3) is 0. The summed E-state index contributed by atoms with van der Waals surface area (Å²) in [7, 11) is 0. The number of rotatable bonds is 10. The topological polar surface area (TPSA) is 149 Å². The number of hydrogen-bond acceptors (Lipinski definition) is 4. The second kappa shape index (κ2) is 15.6. The van der Waals surface area contributed by atoms with E-state index in [1.807, 2.05) is 48.5 Å². The number of halogens is 2. The first kappa shape index (κ1) is 37.7. The van der Waals surface area contributed by atoms with Gasteiger partial charge in [0.05, 0.1) is 22.3 Å². The molecule has 10 heteroatoms. The van der Waals surface area contributed by atoms with E-state index in [0.717, 1.165) is 75.7 Å². The van der Waals surface area contributed by atoms with Gasteiger partial charge in [-0.15, -0.1) is 0 Å². The first-order valence-corrected chi connectivity index (χ1v) is 18.6. The number of carbonyl (C=O) groups is 4. The van der Waals surface area contributed by atoms with Crippen LogP contribution in [-0.4, -0.2) is 44.3 Å². The van der Waals surface area contributed by atoms with Crippen LogP contribution in [-0.2, 0) is 0 Å². The maximum absolute atomic E-state index is 11.6. The Hall–Kier alpha value is -6.62. The van der Waals surface area contributed by atoms with Gasteiger partial charge in [0.25, 0.3) is 0 Å². The van der Waals surface area contributed by atoms with Gasteiger partial charge in [-0.3, -0.25) is 0 Å². The van der Waals surface area contributed by atoms with Gasteiger partial charge < -0.3 is 20.4 Å². The molecule has 7 rings (SSSR count). The molecule has 0 radical (unpaired) electrons. The lowest BCUT2D eigenvalue weighted by Gasteiger charge is -2.16. The van der Waals surface area contributed by atoms with Crippen molar-refractivity contribution in [1.82, 2.24) is 0 Å². The van der Waals surface area contributed by atoms with Crippen LogP contribution in [0.15, 0.2) is 155 Å². The van der Waals surface area contributed by atoms with Gasteiger partial charge in [0.1, 0.15) is 0 Å². The smallest absolute Gasteiger partial charge is 0.335 e. The molecule has 4 N–H and O–H groups in total. The third-order valence-electron chi connectivity index (χ3n) is 9.41. The van der Waals surface area contributed by atoms with E-state index in [0.29, 0.717) is 0 Å². The summed E-state index contributed by atoms with van der Waals surface area (Å²) < 4.78 is 1.54. The molecular formula is C46H28Br2O8. The number of benzene rings is 7. The van der Waals surface area contributed by atoms with Crippen LogP contribution in [0.3, 0.4) is 0 Å². The Morgan fingerprint density at radius 2 is 0.482 bits per heavy atom. The predicted octanol–water partition coefficient (Wildman–Crippen LogP) is 12.0. The maximum atomic E-state index is 11.6. The minimum atomic E-state index is -1.02. The Labute approximate surface area is 337 Å².